The first-order valence-corrected chi connectivity index (χ1v) is 7.45. The van der Waals surface area contributed by atoms with Crippen molar-refractivity contribution in [3.8, 4) is 0 Å². The van der Waals surface area contributed by atoms with Crippen molar-refractivity contribution < 1.29 is 9.18 Å². The van der Waals surface area contributed by atoms with Crippen LogP contribution in [-0.2, 0) is 4.79 Å². The molecule has 2 rings (SSSR count). The average Bonchev–Trinajstić information content (AvgIpc) is 2.69. The Labute approximate surface area is 128 Å². The van der Waals surface area contributed by atoms with Gasteiger partial charge in [-0.15, -0.1) is 11.3 Å². The predicted octanol–water partition coefficient (Wildman–Crippen LogP) is 4.31. The number of nitrogens with one attached hydrogen (secondary N) is 1. The first kappa shape index (κ1) is 14.9. The zero-order valence-corrected chi connectivity index (χ0v) is 13.3. The normalized spacial score (nSPS) is 11.0. The number of hydrogen-bond acceptors (Lipinski definition) is 3. The molecule has 0 aliphatic heterocycles. The minimum atomic E-state index is -0.377. The van der Waals surface area contributed by atoms with E-state index in [1.54, 1.807) is 12.1 Å². The second-order valence-electron chi connectivity index (χ2n) is 4.15. The molecule has 1 heterocycles. The van der Waals surface area contributed by atoms with Gasteiger partial charge in [-0.25, -0.2) is 9.37 Å². The van der Waals surface area contributed by atoms with Crippen molar-refractivity contribution in [2.45, 2.75) is 13.8 Å². The summed E-state index contributed by atoms with van der Waals surface area (Å²) in [6.07, 6.45) is 2.72. The quantitative estimate of drug-likeness (QED) is 0.834. The Hall–Kier alpha value is -1.53. The van der Waals surface area contributed by atoms with Gasteiger partial charge in [-0.3, -0.25) is 10.1 Å². The van der Waals surface area contributed by atoms with Gasteiger partial charge in [0.25, 0.3) is 0 Å². The molecule has 104 valence electrons. The molecule has 0 spiro atoms. The van der Waals surface area contributed by atoms with E-state index in [1.165, 1.54) is 29.6 Å². The lowest BCUT2D eigenvalue weighted by Crippen LogP contribution is -2.07. The summed E-state index contributed by atoms with van der Waals surface area (Å²) >= 11 is 4.67. The van der Waals surface area contributed by atoms with Gasteiger partial charge in [0.05, 0.1) is 5.69 Å². The third-order valence-electron chi connectivity index (χ3n) is 2.63. The van der Waals surface area contributed by atoms with Gasteiger partial charge >= 0.3 is 0 Å². The van der Waals surface area contributed by atoms with Crippen LogP contribution in [0.25, 0.3) is 6.08 Å². The van der Waals surface area contributed by atoms with Gasteiger partial charge in [-0.1, -0.05) is 15.9 Å². The van der Waals surface area contributed by atoms with Crippen molar-refractivity contribution in [2.75, 3.05) is 5.32 Å². The Morgan fingerprint density at radius 1 is 1.45 bits per heavy atom. The standard InChI is InChI=1S/C14H12BrFN2OS/c1-8-9(2)20-14(17-8)18-13(19)6-3-10-7-11(15)4-5-12(10)16/h3-7H,1-2H3,(H,17,18,19)/b6-3+. The number of aromatic nitrogens is 1. The van der Waals surface area contributed by atoms with Gasteiger partial charge in [0.15, 0.2) is 5.13 Å². The summed E-state index contributed by atoms with van der Waals surface area (Å²) < 4.78 is 14.2. The Kier molecular flexibility index (Phi) is 4.67. The smallest absolute Gasteiger partial charge is 0.250 e. The zero-order chi connectivity index (χ0) is 14.7. The van der Waals surface area contributed by atoms with Crippen LogP contribution in [-0.4, -0.2) is 10.9 Å². The maximum Gasteiger partial charge on any atom is 0.250 e. The zero-order valence-electron chi connectivity index (χ0n) is 10.9. The monoisotopic (exact) mass is 354 g/mol. The molecule has 0 aliphatic carbocycles. The molecule has 0 aliphatic rings. The molecule has 0 bridgehead atoms. The van der Waals surface area contributed by atoms with E-state index in [0.717, 1.165) is 15.0 Å². The van der Waals surface area contributed by atoms with Gasteiger partial charge < -0.3 is 0 Å². The Balaban J connectivity index is 2.07. The van der Waals surface area contributed by atoms with Crippen LogP contribution in [0.15, 0.2) is 28.7 Å². The molecular weight excluding hydrogens is 343 g/mol. The Bertz CT molecular complexity index is 662. The van der Waals surface area contributed by atoms with E-state index < -0.39 is 0 Å². The number of carbonyl (C=O) groups is 1. The summed E-state index contributed by atoms with van der Waals surface area (Å²) in [5, 5.41) is 3.20. The molecule has 0 radical (unpaired) electrons. The highest BCUT2D eigenvalue weighted by atomic mass is 79.9. The number of anilines is 1. The summed E-state index contributed by atoms with van der Waals surface area (Å²) in [5.74, 6) is -0.712. The fourth-order valence-corrected chi connectivity index (χ4v) is 2.68. The molecule has 20 heavy (non-hydrogen) atoms. The number of carbonyl (C=O) groups excluding carboxylic acids is 1. The first-order chi connectivity index (χ1) is 9.45. The molecule has 0 saturated carbocycles. The molecule has 6 heteroatoms. The van der Waals surface area contributed by atoms with Gasteiger partial charge in [0, 0.05) is 21.0 Å². The highest BCUT2D eigenvalue weighted by Gasteiger charge is 2.06. The lowest BCUT2D eigenvalue weighted by atomic mass is 10.2. The second-order valence-corrected chi connectivity index (χ2v) is 6.27. The topological polar surface area (TPSA) is 42.0 Å². The van der Waals surface area contributed by atoms with Crippen LogP contribution in [0, 0.1) is 19.7 Å². The largest absolute Gasteiger partial charge is 0.298 e. The molecule has 0 fully saturated rings. The number of hydrogen-bond donors (Lipinski definition) is 1. The first-order valence-electron chi connectivity index (χ1n) is 5.84. The summed E-state index contributed by atoms with van der Waals surface area (Å²) in [7, 11) is 0. The minimum Gasteiger partial charge on any atom is -0.298 e. The van der Waals surface area contributed by atoms with Gasteiger partial charge in [0.1, 0.15) is 5.82 Å². The summed E-state index contributed by atoms with van der Waals surface area (Å²) in [5.41, 5.74) is 1.24. The van der Waals surface area contributed by atoms with Crippen molar-refractivity contribution in [3.63, 3.8) is 0 Å². The number of halogens is 2. The number of nitrogens with zero attached hydrogens (tertiary/aromatic N) is 1. The third kappa shape index (κ3) is 3.74. The number of benzene rings is 1. The number of aryl methyl sites for hydroxylation is 2. The average molecular weight is 355 g/mol. The molecule has 0 unspecified atom stereocenters. The fraction of sp³-hybridized carbons (Fsp3) is 0.143. The summed E-state index contributed by atoms with van der Waals surface area (Å²) in [6.45, 7) is 3.82. The molecule has 1 aromatic carbocycles. The van der Waals surface area contributed by atoms with Crippen LogP contribution in [0.3, 0.4) is 0 Å². The van der Waals surface area contributed by atoms with E-state index in [9.17, 15) is 9.18 Å². The van der Waals surface area contributed by atoms with E-state index in [2.05, 4.69) is 26.2 Å². The van der Waals surface area contributed by atoms with Crippen molar-refractivity contribution in [3.05, 3.63) is 50.7 Å². The number of thiazole rings is 1. The van der Waals surface area contributed by atoms with E-state index in [0.29, 0.717) is 10.7 Å². The van der Waals surface area contributed by atoms with Gasteiger partial charge in [-0.05, 0) is 38.1 Å². The van der Waals surface area contributed by atoms with Crippen LogP contribution in [0.1, 0.15) is 16.1 Å². The molecular formula is C14H12BrFN2OS. The van der Waals surface area contributed by atoms with Crippen molar-refractivity contribution in [1.29, 1.82) is 0 Å². The van der Waals surface area contributed by atoms with Gasteiger partial charge in [0.2, 0.25) is 5.91 Å². The molecule has 1 aromatic heterocycles. The van der Waals surface area contributed by atoms with E-state index in [-0.39, 0.29) is 11.7 Å². The SMILES string of the molecule is Cc1nc(NC(=O)/C=C/c2cc(Br)ccc2F)sc1C. The molecule has 0 saturated heterocycles. The summed E-state index contributed by atoms with van der Waals surface area (Å²) in [4.78, 5) is 17.0. The van der Waals surface area contributed by atoms with Crippen molar-refractivity contribution in [1.82, 2.24) is 4.98 Å². The third-order valence-corrected chi connectivity index (χ3v) is 4.11. The lowest BCUT2D eigenvalue weighted by molar-refractivity contribution is -0.111. The number of amides is 1. The highest BCUT2D eigenvalue weighted by Crippen LogP contribution is 2.21. The molecule has 3 nitrogen and oxygen atoms in total. The van der Waals surface area contributed by atoms with E-state index >= 15 is 0 Å². The van der Waals surface area contributed by atoms with Crippen LogP contribution in [0.4, 0.5) is 9.52 Å². The van der Waals surface area contributed by atoms with Crippen LogP contribution >= 0.6 is 27.3 Å². The highest BCUT2D eigenvalue weighted by molar-refractivity contribution is 9.10. The Morgan fingerprint density at radius 3 is 2.85 bits per heavy atom. The van der Waals surface area contributed by atoms with E-state index in [4.69, 9.17) is 0 Å². The number of rotatable bonds is 3. The molecule has 2 aromatic rings. The minimum absolute atomic E-state index is 0.335. The maximum atomic E-state index is 13.5. The fourth-order valence-electron chi connectivity index (χ4n) is 1.48. The summed E-state index contributed by atoms with van der Waals surface area (Å²) in [6, 6.07) is 4.56. The Morgan fingerprint density at radius 2 is 2.20 bits per heavy atom. The molecule has 0 atom stereocenters. The van der Waals surface area contributed by atoms with E-state index in [1.807, 2.05) is 13.8 Å². The molecule has 1 amide bonds. The predicted molar refractivity (Wildman–Crippen MR) is 83.4 cm³/mol. The van der Waals surface area contributed by atoms with Crippen LogP contribution in [0.2, 0.25) is 0 Å². The van der Waals surface area contributed by atoms with Gasteiger partial charge in [-0.2, -0.15) is 0 Å². The second kappa shape index (κ2) is 6.28. The maximum absolute atomic E-state index is 13.5. The van der Waals surface area contributed by atoms with Crippen LogP contribution < -0.4 is 5.32 Å². The molecule has 1 N–H and O–H groups in total. The lowest BCUT2D eigenvalue weighted by Gasteiger charge is -1.98. The van der Waals surface area contributed by atoms with Crippen LogP contribution in [0.5, 0.6) is 0 Å². The van der Waals surface area contributed by atoms with Crippen molar-refractivity contribution in [2.24, 2.45) is 0 Å². The van der Waals surface area contributed by atoms with Crippen molar-refractivity contribution >= 4 is 44.4 Å².